The molecule has 2 heterocycles. The standard InChI is InChI=1S/C17H28N2O5/c1-2-24-17(23)13-6-5-9-18(12-13)15(21)16(22)19-10-4-3-7-14(19)8-11-20/h13-14,20H,2-12H2,1H3. The minimum absolute atomic E-state index is 0.0112. The summed E-state index contributed by atoms with van der Waals surface area (Å²) in [6, 6.07) is -0.0640. The lowest BCUT2D eigenvalue weighted by molar-refractivity contribution is -0.158. The molecule has 0 spiro atoms. The number of aliphatic hydroxyl groups excluding tert-OH is 1. The molecule has 0 bridgehead atoms. The number of piperidine rings is 2. The highest BCUT2D eigenvalue weighted by molar-refractivity contribution is 6.35. The molecule has 0 aromatic rings. The van der Waals surface area contributed by atoms with Crippen molar-refractivity contribution < 1.29 is 24.2 Å². The molecule has 7 heteroatoms. The Bertz CT molecular complexity index is 466. The molecule has 0 aromatic heterocycles. The van der Waals surface area contributed by atoms with Crippen molar-refractivity contribution in [3.63, 3.8) is 0 Å². The average Bonchev–Trinajstić information content (AvgIpc) is 2.61. The summed E-state index contributed by atoms with van der Waals surface area (Å²) in [5.41, 5.74) is 0. The SMILES string of the molecule is CCOC(=O)C1CCCN(C(=O)C(=O)N2CCCCC2CCO)C1. The van der Waals surface area contributed by atoms with Crippen molar-refractivity contribution in [3.05, 3.63) is 0 Å². The lowest BCUT2D eigenvalue weighted by Crippen LogP contribution is -2.53. The zero-order chi connectivity index (χ0) is 17.5. The van der Waals surface area contributed by atoms with Crippen molar-refractivity contribution in [1.29, 1.82) is 0 Å². The first-order valence-electron chi connectivity index (χ1n) is 8.95. The molecule has 2 amide bonds. The molecular weight excluding hydrogens is 312 g/mol. The van der Waals surface area contributed by atoms with Crippen LogP contribution in [0.2, 0.25) is 0 Å². The molecule has 136 valence electrons. The first-order chi connectivity index (χ1) is 11.6. The van der Waals surface area contributed by atoms with Crippen molar-refractivity contribution in [2.75, 3.05) is 32.8 Å². The van der Waals surface area contributed by atoms with Crippen LogP contribution in [0.15, 0.2) is 0 Å². The van der Waals surface area contributed by atoms with Crippen LogP contribution in [-0.2, 0) is 19.1 Å². The zero-order valence-corrected chi connectivity index (χ0v) is 14.4. The summed E-state index contributed by atoms with van der Waals surface area (Å²) in [5, 5.41) is 9.17. The van der Waals surface area contributed by atoms with Crippen LogP contribution < -0.4 is 0 Å². The molecule has 2 rings (SSSR count). The van der Waals surface area contributed by atoms with Gasteiger partial charge in [0.15, 0.2) is 0 Å². The van der Waals surface area contributed by atoms with E-state index in [4.69, 9.17) is 9.84 Å². The maximum Gasteiger partial charge on any atom is 0.312 e. The second kappa shape index (κ2) is 9.01. The van der Waals surface area contributed by atoms with E-state index in [1.807, 2.05) is 0 Å². The molecule has 7 nitrogen and oxygen atoms in total. The summed E-state index contributed by atoms with van der Waals surface area (Å²) in [6.45, 7) is 3.40. The van der Waals surface area contributed by atoms with E-state index >= 15 is 0 Å². The van der Waals surface area contributed by atoms with Crippen LogP contribution in [0.25, 0.3) is 0 Å². The fraction of sp³-hybridized carbons (Fsp3) is 0.824. The topological polar surface area (TPSA) is 87.2 Å². The van der Waals surface area contributed by atoms with Gasteiger partial charge < -0.3 is 19.6 Å². The normalized spacial score (nSPS) is 24.6. The Labute approximate surface area is 142 Å². The number of nitrogens with zero attached hydrogens (tertiary/aromatic N) is 2. The number of carbonyl (C=O) groups excluding carboxylic acids is 3. The quantitative estimate of drug-likeness (QED) is 0.597. The summed E-state index contributed by atoms with van der Waals surface area (Å²) in [4.78, 5) is 40.2. The number of hydrogen-bond donors (Lipinski definition) is 1. The van der Waals surface area contributed by atoms with E-state index in [1.165, 1.54) is 4.90 Å². The number of aliphatic hydroxyl groups is 1. The van der Waals surface area contributed by atoms with E-state index in [1.54, 1.807) is 11.8 Å². The number of ether oxygens (including phenoxy) is 1. The van der Waals surface area contributed by atoms with Gasteiger partial charge in [-0.3, -0.25) is 14.4 Å². The summed E-state index contributed by atoms with van der Waals surface area (Å²) in [5.74, 6) is -1.67. The second-order valence-electron chi connectivity index (χ2n) is 6.50. The van der Waals surface area contributed by atoms with Crippen LogP contribution in [0, 0.1) is 5.92 Å². The molecule has 0 saturated carbocycles. The van der Waals surface area contributed by atoms with Gasteiger partial charge in [-0.15, -0.1) is 0 Å². The fourth-order valence-electron chi connectivity index (χ4n) is 3.59. The number of rotatable bonds is 4. The third-order valence-corrected chi connectivity index (χ3v) is 4.86. The predicted molar refractivity (Wildman–Crippen MR) is 87.0 cm³/mol. The molecule has 0 radical (unpaired) electrons. The molecule has 2 saturated heterocycles. The predicted octanol–water partition coefficient (Wildman–Crippen LogP) is 0.552. The Kier molecular flexibility index (Phi) is 7.02. The molecule has 2 unspecified atom stereocenters. The van der Waals surface area contributed by atoms with Gasteiger partial charge in [-0.2, -0.15) is 0 Å². The minimum atomic E-state index is -0.533. The highest BCUT2D eigenvalue weighted by Gasteiger charge is 2.36. The van der Waals surface area contributed by atoms with E-state index in [0.717, 1.165) is 19.3 Å². The summed E-state index contributed by atoms with van der Waals surface area (Å²) >= 11 is 0. The molecular formula is C17H28N2O5. The van der Waals surface area contributed by atoms with E-state index in [9.17, 15) is 14.4 Å². The third-order valence-electron chi connectivity index (χ3n) is 4.86. The van der Waals surface area contributed by atoms with Crippen molar-refractivity contribution in [1.82, 2.24) is 9.80 Å². The van der Waals surface area contributed by atoms with Gasteiger partial charge in [0.2, 0.25) is 0 Å². The average molecular weight is 340 g/mol. The first-order valence-corrected chi connectivity index (χ1v) is 8.95. The van der Waals surface area contributed by atoms with Gasteiger partial charge in [-0.05, 0) is 45.4 Å². The van der Waals surface area contributed by atoms with Gasteiger partial charge in [0.05, 0.1) is 12.5 Å². The summed E-state index contributed by atoms with van der Waals surface area (Å²) in [6.07, 6.45) is 4.61. The van der Waals surface area contributed by atoms with Gasteiger partial charge in [0.1, 0.15) is 0 Å². The molecule has 0 aliphatic carbocycles. The monoisotopic (exact) mass is 340 g/mol. The van der Waals surface area contributed by atoms with Gasteiger partial charge in [-0.25, -0.2) is 0 Å². The van der Waals surface area contributed by atoms with Crippen molar-refractivity contribution in [2.45, 2.75) is 51.5 Å². The lowest BCUT2D eigenvalue weighted by atomic mass is 9.97. The summed E-state index contributed by atoms with van der Waals surface area (Å²) in [7, 11) is 0. The highest BCUT2D eigenvalue weighted by Crippen LogP contribution is 2.22. The van der Waals surface area contributed by atoms with E-state index in [2.05, 4.69) is 0 Å². The first kappa shape index (κ1) is 18.7. The number of carbonyl (C=O) groups is 3. The Morgan fingerprint density at radius 3 is 2.58 bits per heavy atom. The number of likely N-dealkylation sites (tertiary alicyclic amines) is 2. The number of hydrogen-bond acceptors (Lipinski definition) is 5. The van der Waals surface area contributed by atoms with Crippen LogP contribution in [0.5, 0.6) is 0 Å². The van der Waals surface area contributed by atoms with E-state index in [0.29, 0.717) is 39.0 Å². The smallest absolute Gasteiger partial charge is 0.312 e. The lowest BCUT2D eigenvalue weighted by Gasteiger charge is -2.37. The van der Waals surface area contributed by atoms with Gasteiger partial charge in [0.25, 0.3) is 0 Å². The van der Waals surface area contributed by atoms with E-state index in [-0.39, 0.29) is 31.1 Å². The van der Waals surface area contributed by atoms with E-state index < -0.39 is 11.8 Å². The number of esters is 1. The highest BCUT2D eigenvalue weighted by atomic mass is 16.5. The summed E-state index contributed by atoms with van der Waals surface area (Å²) < 4.78 is 5.04. The zero-order valence-electron chi connectivity index (χ0n) is 14.4. The van der Waals surface area contributed by atoms with Crippen molar-refractivity contribution in [3.8, 4) is 0 Å². The van der Waals surface area contributed by atoms with Crippen LogP contribution in [-0.4, -0.2) is 71.6 Å². The maximum atomic E-state index is 12.6. The maximum absolute atomic E-state index is 12.6. The van der Waals surface area contributed by atoms with Crippen LogP contribution in [0.1, 0.15) is 45.4 Å². The molecule has 2 atom stereocenters. The van der Waals surface area contributed by atoms with Gasteiger partial charge in [0, 0.05) is 32.3 Å². The van der Waals surface area contributed by atoms with Gasteiger partial charge >= 0.3 is 17.8 Å². The largest absolute Gasteiger partial charge is 0.466 e. The molecule has 2 fully saturated rings. The second-order valence-corrected chi connectivity index (χ2v) is 6.50. The van der Waals surface area contributed by atoms with Crippen LogP contribution in [0.3, 0.4) is 0 Å². The molecule has 2 aliphatic heterocycles. The third kappa shape index (κ3) is 4.47. The fourth-order valence-corrected chi connectivity index (χ4v) is 3.59. The Morgan fingerprint density at radius 1 is 1.08 bits per heavy atom. The molecule has 24 heavy (non-hydrogen) atoms. The Balaban J connectivity index is 1.98. The molecule has 0 aromatic carbocycles. The molecule has 1 N–H and O–H groups in total. The van der Waals surface area contributed by atoms with Crippen molar-refractivity contribution >= 4 is 17.8 Å². The minimum Gasteiger partial charge on any atom is -0.466 e. The molecule has 2 aliphatic rings. The Hall–Kier alpha value is -1.63. The van der Waals surface area contributed by atoms with Crippen LogP contribution >= 0.6 is 0 Å². The van der Waals surface area contributed by atoms with Crippen molar-refractivity contribution in [2.24, 2.45) is 5.92 Å². The van der Waals surface area contributed by atoms with Crippen LogP contribution in [0.4, 0.5) is 0 Å². The van der Waals surface area contributed by atoms with Gasteiger partial charge in [-0.1, -0.05) is 0 Å². The Morgan fingerprint density at radius 2 is 1.88 bits per heavy atom. The number of amides is 2.